The fraction of sp³-hybridized carbons (Fsp3) is 1.00. The van der Waals surface area contributed by atoms with Crippen LogP contribution in [0.25, 0.3) is 0 Å². The number of rotatable bonds is 21. The molecule has 0 aromatic carbocycles. The summed E-state index contributed by atoms with van der Waals surface area (Å²) in [5, 5.41) is 0. The third-order valence-corrected chi connectivity index (χ3v) is 9.90. The molecule has 0 radical (unpaired) electrons. The molecule has 0 fully saturated rings. The molecule has 0 unspecified atom stereocenters. The minimum absolute atomic E-state index is 0.384. The van der Waals surface area contributed by atoms with Gasteiger partial charge in [-0.25, -0.2) is 0 Å². The van der Waals surface area contributed by atoms with Crippen molar-refractivity contribution >= 4 is 8.32 Å². The van der Waals surface area contributed by atoms with Crippen LogP contribution in [0.15, 0.2) is 0 Å². The van der Waals surface area contributed by atoms with Crippen molar-refractivity contribution in [3.63, 3.8) is 0 Å². The van der Waals surface area contributed by atoms with Crippen molar-refractivity contribution in [1.29, 1.82) is 0 Å². The Balaban J connectivity index is 5.69. The molecule has 5 heteroatoms. The van der Waals surface area contributed by atoms with Crippen molar-refractivity contribution in [3.05, 3.63) is 0 Å². The molecule has 0 atom stereocenters. The Hall–Kier alpha value is 0.0569. The van der Waals surface area contributed by atoms with Gasteiger partial charge in [0.15, 0.2) is 8.32 Å². The van der Waals surface area contributed by atoms with Gasteiger partial charge in [-0.2, -0.15) is 0 Å². The van der Waals surface area contributed by atoms with Gasteiger partial charge in [0.2, 0.25) is 0 Å². The molecule has 0 rings (SSSR count). The molecule has 188 valence electrons. The zero-order chi connectivity index (χ0) is 23.8. The smallest absolute Gasteiger partial charge is 0.186 e. The molecular formula is C26H59N3OSi. The monoisotopic (exact) mass is 457 g/mol. The van der Waals surface area contributed by atoms with Crippen molar-refractivity contribution in [1.82, 2.24) is 14.7 Å². The summed E-state index contributed by atoms with van der Waals surface area (Å²) in [6.45, 7) is 29.7. The summed E-state index contributed by atoms with van der Waals surface area (Å²) in [7, 11) is 0.285. The maximum Gasteiger partial charge on any atom is 0.186 e. The average Bonchev–Trinajstić information content (AvgIpc) is 2.76. The quantitative estimate of drug-likeness (QED) is 0.191. The van der Waals surface area contributed by atoms with Gasteiger partial charge in [-0.15, -0.1) is 0 Å². The highest BCUT2D eigenvalue weighted by Crippen LogP contribution is 2.41. The van der Waals surface area contributed by atoms with Crippen molar-refractivity contribution in [3.8, 4) is 0 Å². The van der Waals surface area contributed by atoms with Crippen LogP contribution in [-0.4, -0.2) is 89.0 Å². The first-order valence-electron chi connectivity index (χ1n) is 13.5. The molecule has 0 N–H and O–H groups in total. The van der Waals surface area contributed by atoms with Crippen LogP contribution in [0.3, 0.4) is 0 Å². The van der Waals surface area contributed by atoms with Crippen LogP contribution < -0.4 is 0 Å². The summed E-state index contributed by atoms with van der Waals surface area (Å²) < 4.78 is 6.13. The zero-order valence-electron chi connectivity index (χ0n) is 23.1. The molecule has 0 spiro atoms. The van der Waals surface area contributed by atoms with Crippen LogP contribution in [0.1, 0.15) is 80.1 Å². The van der Waals surface area contributed by atoms with Crippen LogP contribution >= 0.6 is 0 Å². The maximum atomic E-state index is 6.13. The lowest BCUT2D eigenvalue weighted by atomic mass is 9.79. The van der Waals surface area contributed by atoms with Crippen molar-refractivity contribution < 1.29 is 4.43 Å². The summed E-state index contributed by atoms with van der Waals surface area (Å²) >= 11 is 0. The van der Waals surface area contributed by atoms with Crippen molar-refractivity contribution in [2.45, 2.75) is 99.2 Å². The summed E-state index contributed by atoms with van der Waals surface area (Å²) in [6.07, 6.45) is 7.69. The van der Waals surface area contributed by atoms with Gasteiger partial charge < -0.3 is 19.1 Å². The van der Waals surface area contributed by atoms with Gasteiger partial charge in [0.25, 0.3) is 0 Å². The average molecular weight is 458 g/mol. The molecule has 0 aliphatic carbocycles. The Bertz CT molecular complexity index is 374. The second kappa shape index (κ2) is 17.5. The lowest BCUT2D eigenvalue weighted by Crippen LogP contribution is -2.43. The number of nitrogens with zero attached hydrogens (tertiary/aromatic N) is 3. The molecule has 0 aromatic heterocycles. The predicted octanol–water partition coefficient (Wildman–Crippen LogP) is 6.19. The standard InChI is InChI=1S/C26H59N3OSi/c1-10-19-27(13-4)22-16-26(25-31(8,9)30-7,17-23-28(14-5)20-11-2)18-24-29(15-6)21-12-3/h10-25H2,1-9H3. The van der Waals surface area contributed by atoms with E-state index in [-0.39, 0.29) is 0 Å². The third-order valence-electron chi connectivity index (χ3n) is 7.19. The van der Waals surface area contributed by atoms with Gasteiger partial charge in [-0.3, -0.25) is 0 Å². The molecule has 0 saturated carbocycles. The van der Waals surface area contributed by atoms with Gasteiger partial charge in [0.05, 0.1) is 0 Å². The second-order valence-corrected chi connectivity index (χ2v) is 14.5. The first kappa shape index (κ1) is 31.1. The highest BCUT2D eigenvalue weighted by molar-refractivity contribution is 6.71. The minimum Gasteiger partial charge on any atom is -0.420 e. The van der Waals surface area contributed by atoms with Gasteiger partial charge in [-0.05, 0) is 122 Å². The molecule has 0 bridgehead atoms. The van der Waals surface area contributed by atoms with Crippen molar-refractivity contribution in [2.24, 2.45) is 5.41 Å². The second-order valence-electron chi connectivity index (χ2n) is 10.2. The molecule has 0 saturated heterocycles. The zero-order valence-corrected chi connectivity index (χ0v) is 24.1. The molecule has 0 aromatic rings. The van der Waals surface area contributed by atoms with Crippen molar-refractivity contribution in [2.75, 3.05) is 66.0 Å². The molecule has 0 heterocycles. The molecular weight excluding hydrogens is 398 g/mol. The summed E-state index contributed by atoms with van der Waals surface area (Å²) in [6, 6.07) is 1.29. The Kier molecular flexibility index (Phi) is 17.6. The molecule has 0 amide bonds. The van der Waals surface area contributed by atoms with Crippen LogP contribution in [0, 0.1) is 5.41 Å². The summed E-state index contributed by atoms with van der Waals surface area (Å²) in [4.78, 5) is 8.01. The molecule has 31 heavy (non-hydrogen) atoms. The van der Waals surface area contributed by atoms with E-state index in [0.717, 1.165) is 0 Å². The van der Waals surface area contributed by atoms with Crippen LogP contribution in [-0.2, 0) is 4.43 Å². The normalized spacial score (nSPS) is 13.2. The molecule has 0 aliphatic rings. The van der Waals surface area contributed by atoms with Gasteiger partial charge >= 0.3 is 0 Å². The van der Waals surface area contributed by atoms with Crippen LogP contribution in [0.4, 0.5) is 0 Å². The summed E-state index contributed by atoms with van der Waals surface area (Å²) in [5.41, 5.74) is 0.384. The SMILES string of the molecule is CCCN(CC)CCC(CCN(CC)CCC)(CCN(CC)CCC)C[Si](C)(C)OC. The van der Waals surface area contributed by atoms with E-state index in [9.17, 15) is 0 Å². The third kappa shape index (κ3) is 13.4. The van der Waals surface area contributed by atoms with E-state index < -0.39 is 8.32 Å². The topological polar surface area (TPSA) is 19.0 Å². The fourth-order valence-corrected chi connectivity index (χ4v) is 7.51. The van der Waals surface area contributed by atoms with E-state index in [0.29, 0.717) is 5.41 Å². The highest BCUT2D eigenvalue weighted by Gasteiger charge is 2.38. The Morgan fingerprint density at radius 1 is 0.581 bits per heavy atom. The fourth-order valence-electron chi connectivity index (χ4n) is 5.03. The number of hydrogen-bond acceptors (Lipinski definition) is 4. The molecule has 4 nitrogen and oxygen atoms in total. The van der Waals surface area contributed by atoms with E-state index in [4.69, 9.17) is 4.43 Å². The Morgan fingerprint density at radius 3 is 1.13 bits per heavy atom. The summed E-state index contributed by atoms with van der Waals surface area (Å²) in [5.74, 6) is 0. The Labute approximate surface area is 198 Å². The van der Waals surface area contributed by atoms with E-state index in [1.165, 1.54) is 103 Å². The largest absolute Gasteiger partial charge is 0.420 e. The molecule has 0 aliphatic heterocycles. The van der Waals surface area contributed by atoms with E-state index in [1.807, 2.05) is 7.11 Å². The highest BCUT2D eigenvalue weighted by atomic mass is 28.4. The van der Waals surface area contributed by atoms with E-state index in [1.54, 1.807) is 0 Å². The van der Waals surface area contributed by atoms with Gasteiger partial charge in [-0.1, -0.05) is 41.5 Å². The van der Waals surface area contributed by atoms with E-state index in [2.05, 4.69) is 69.3 Å². The first-order chi connectivity index (χ1) is 14.7. The minimum atomic E-state index is -1.67. The van der Waals surface area contributed by atoms with E-state index >= 15 is 0 Å². The first-order valence-corrected chi connectivity index (χ1v) is 16.6. The lowest BCUT2D eigenvalue weighted by molar-refractivity contribution is 0.134. The van der Waals surface area contributed by atoms with Crippen LogP contribution in [0.2, 0.25) is 19.1 Å². The number of hydrogen-bond donors (Lipinski definition) is 0. The van der Waals surface area contributed by atoms with Gasteiger partial charge in [0, 0.05) is 7.11 Å². The lowest BCUT2D eigenvalue weighted by Gasteiger charge is -2.42. The Morgan fingerprint density at radius 2 is 0.903 bits per heavy atom. The van der Waals surface area contributed by atoms with Crippen LogP contribution in [0.5, 0.6) is 0 Å². The van der Waals surface area contributed by atoms with Gasteiger partial charge in [0.1, 0.15) is 0 Å². The maximum absolute atomic E-state index is 6.13. The predicted molar refractivity (Wildman–Crippen MR) is 143 cm³/mol.